The summed E-state index contributed by atoms with van der Waals surface area (Å²) in [4.78, 5) is 18.1. The molecule has 0 spiro atoms. The van der Waals surface area contributed by atoms with E-state index in [-0.39, 0.29) is 29.8 Å². The third-order valence-corrected chi connectivity index (χ3v) is 3.82. The van der Waals surface area contributed by atoms with Gasteiger partial charge in [-0.3, -0.25) is 4.99 Å². The van der Waals surface area contributed by atoms with Crippen LogP contribution in [0.2, 0.25) is 0 Å². The molecule has 30 heavy (non-hydrogen) atoms. The number of nitrogens with zero attached hydrogens (tertiary/aromatic N) is 2. The van der Waals surface area contributed by atoms with Crippen molar-refractivity contribution >= 4 is 36.0 Å². The highest BCUT2D eigenvalue weighted by Crippen LogP contribution is 2.12. The first kappa shape index (κ1) is 28.4. The molecular weight excluding hydrogens is 500 g/mol. The monoisotopic (exact) mass is 537 g/mol. The van der Waals surface area contributed by atoms with E-state index in [2.05, 4.69) is 20.9 Å². The van der Waals surface area contributed by atoms with Crippen molar-refractivity contribution in [1.82, 2.24) is 20.9 Å². The second-order valence-electron chi connectivity index (χ2n) is 8.95. The number of guanidine groups is 1. The average Bonchev–Trinajstić information content (AvgIpc) is 2.54. The Labute approximate surface area is 197 Å². The number of alkyl carbamates (subject to hydrolysis) is 1. The van der Waals surface area contributed by atoms with Gasteiger partial charge in [0.1, 0.15) is 11.4 Å². The summed E-state index contributed by atoms with van der Waals surface area (Å²) in [5.41, 5.74) is 0.512. The molecule has 1 aromatic rings. The Hall–Kier alpha value is -1.62. The van der Waals surface area contributed by atoms with E-state index in [9.17, 15) is 9.18 Å². The van der Waals surface area contributed by atoms with E-state index >= 15 is 0 Å². The van der Waals surface area contributed by atoms with Crippen LogP contribution in [0.15, 0.2) is 23.2 Å². The van der Waals surface area contributed by atoms with Crippen molar-refractivity contribution in [2.75, 3.05) is 27.7 Å². The fourth-order valence-electron chi connectivity index (χ4n) is 2.54. The zero-order valence-corrected chi connectivity index (χ0v) is 21.7. The van der Waals surface area contributed by atoms with Crippen molar-refractivity contribution in [3.05, 3.63) is 35.1 Å². The summed E-state index contributed by atoms with van der Waals surface area (Å²) in [5, 5.41) is 9.25. The summed E-state index contributed by atoms with van der Waals surface area (Å²) >= 11 is 0. The van der Waals surface area contributed by atoms with E-state index in [1.165, 1.54) is 6.07 Å². The van der Waals surface area contributed by atoms with Gasteiger partial charge in [-0.2, -0.15) is 0 Å². The number of aliphatic imine (C=N–C) groups is 1. The highest BCUT2D eigenvalue weighted by atomic mass is 127. The minimum Gasteiger partial charge on any atom is -0.444 e. The van der Waals surface area contributed by atoms with Crippen LogP contribution in [-0.2, 0) is 17.8 Å². The van der Waals surface area contributed by atoms with Gasteiger partial charge in [0.25, 0.3) is 0 Å². The molecule has 1 rings (SSSR count). The lowest BCUT2D eigenvalue weighted by molar-refractivity contribution is 0.0474. The number of hydrogen-bond acceptors (Lipinski definition) is 4. The Balaban J connectivity index is 0.00000841. The molecule has 1 amide bonds. The lowest BCUT2D eigenvalue weighted by atomic mass is 10.1. The van der Waals surface area contributed by atoms with Gasteiger partial charge in [-0.25, -0.2) is 9.18 Å². The Morgan fingerprint density at radius 2 is 1.80 bits per heavy atom. The van der Waals surface area contributed by atoms with Gasteiger partial charge in [-0.05, 0) is 66.4 Å². The van der Waals surface area contributed by atoms with Crippen molar-refractivity contribution in [1.29, 1.82) is 0 Å². The molecule has 0 aliphatic carbocycles. The van der Waals surface area contributed by atoms with Crippen LogP contribution >= 0.6 is 24.0 Å². The fraction of sp³-hybridized carbons (Fsp3) is 0.619. The average molecular weight is 537 g/mol. The second-order valence-corrected chi connectivity index (χ2v) is 8.95. The summed E-state index contributed by atoms with van der Waals surface area (Å²) in [6.45, 7) is 10.7. The van der Waals surface area contributed by atoms with Crippen LogP contribution in [-0.4, -0.2) is 55.8 Å². The Morgan fingerprint density at radius 1 is 1.17 bits per heavy atom. The number of hydrogen-bond donors (Lipinski definition) is 3. The Bertz CT molecular complexity index is 718. The number of nitrogens with one attached hydrogen (secondary N) is 3. The Kier molecular flexibility index (Phi) is 11.6. The molecule has 0 radical (unpaired) electrons. The number of rotatable bonds is 7. The first-order chi connectivity index (χ1) is 13.3. The van der Waals surface area contributed by atoms with E-state index in [0.29, 0.717) is 31.2 Å². The predicted octanol–water partition coefficient (Wildman–Crippen LogP) is 3.47. The SMILES string of the molecule is CN=C(NCc1ccc(F)c(CN(C)C)c1)NCC(C)(C)NC(=O)OC(C)(C)C.I. The fourth-order valence-corrected chi connectivity index (χ4v) is 2.54. The second kappa shape index (κ2) is 12.3. The number of carbonyl (C=O) groups excluding carboxylic acids is 1. The van der Waals surface area contributed by atoms with E-state index in [0.717, 1.165) is 5.56 Å². The maximum Gasteiger partial charge on any atom is 0.408 e. The molecule has 1 aromatic carbocycles. The molecule has 0 fully saturated rings. The van der Waals surface area contributed by atoms with Gasteiger partial charge in [0.05, 0.1) is 5.54 Å². The standard InChI is InChI=1S/C21H36FN5O2.HI/c1-20(2,3)29-19(28)26-21(4,5)14-25-18(23-6)24-12-15-9-10-17(22)16(11-15)13-27(7)8;/h9-11H,12-14H2,1-8H3,(H,26,28)(H2,23,24,25);1H. The minimum absolute atomic E-state index is 0. The molecule has 0 unspecified atom stereocenters. The summed E-state index contributed by atoms with van der Waals surface area (Å²) < 4.78 is 19.2. The number of amides is 1. The molecule has 0 aliphatic heterocycles. The van der Waals surface area contributed by atoms with E-state index in [4.69, 9.17) is 4.74 Å². The lowest BCUT2D eigenvalue weighted by Crippen LogP contribution is -2.54. The zero-order chi connectivity index (χ0) is 22.2. The van der Waals surface area contributed by atoms with Crippen LogP contribution < -0.4 is 16.0 Å². The van der Waals surface area contributed by atoms with Gasteiger partial charge >= 0.3 is 6.09 Å². The van der Waals surface area contributed by atoms with Crippen LogP contribution in [0.4, 0.5) is 9.18 Å². The highest BCUT2D eigenvalue weighted by molar-refractivity contribution is 14.0. The highest BCUT2D eigenvalue weighted by Gasteiger charge is 2.24. The maximum absolute atomic E-state index is 13.9. The zero-order valence-electron chi connectivity index (χ0n) is 19.4. The van der Waals surface area contributed by atoms with Crippen molar-refractivity contribution in [3.8, 4) is 0 Å². The summed E-state index contributed by atoms with van der Waals surface area (Å²) in [6, 6.07) is 5.09. The molecule has 0 aliphatic rings. The van der Waals surface area contributed by atoms with E-state index in [1.807, 2.05) is 59.7 Å². The van der Waals surface area contributed by atoms with Crippen LogP contribution in [0, 0.1) is 5.82 Å². The van der Waals surface area contributed by atoms with Gasteiger partial charge < -0.3 is 25.6 Å². The van der Waals surface area contributed by atoms with Gasteiger partial charge in [-0.15, -0.1) is 24.0 Å². The minimum atomic E-state index is -0.550. The molecule has 7 nitrogen and oxygen atoms in total. The quantitative estimate of drug-likeness (QED) is 0.282. The van der Waals surface area contributed by atoms with Crippen LogP contribution in [0.3, 0.4) is 0 Å². The topological polar surface area (TPSA) is 78.0 Å². The number of benzene rings is 1. The summed E-state index contributed by atoms with van der Waals surface area (Å²) in [5.74, 6) is 0.377. The van der Waals surface area contributed by atoms with Crippen LogP contribution in [0.25, 0.3) is 0 Å². The predicted molar refractivity (Wildman–Crippen MR) is 131 cm³/mol. The number of halogens is 2. The first-order valence-electron chi connectivity index (χ1n) is 9.69. The van der Waals surface area contributed by atoms with Crippen molar-refractivity contribution in [2.45, 2.75) is 58.8 Å². The third kappa shape index (κ3) is 11.5. The van der Waals surface area contributed by atoms with Gasteiger partial charge in [-0.1, -0.05) is 6.07 Å². The molecule has 0 bridgehead atoms. The molecule has 0 aromatic heterocycles. The smallest absolute Gasteiger partial charge is 0.408 e. The van der Waals surface area contributed by atoms with Crippen molar-refractivity contribution in [3.63, 3.8) is 0 Å². The number of carbonyl (C=O) groups is 1. The van der Waals surface area contributed by atoms with Gasteiger partial charge in [0.15, 0.2) is 5.96 Å². The summed E-state index contributed by atoms with van der Waals surface area (Å²) in [7, 11) is 5.48. The molecule has 0 saturated heterocycles. The Morgan fingerprint density at radius 3 is 2.33 bits per heavy atom. The van der Waals surface area contributed by atoms with Crippen LogP contribution in [0.5, 0.6) is 0 Å². The van der Waals surface area contributed by atoms with Crippen molar-refractivity contribution < 1.29 is 13.9 Å². The van der Waals surface area contributed by atoms with Gasteiger partial charge in [0.2, 0.25) is 0 Å². The van der Waals surface area contributed by atoms with E-state index in [1.54, 1.807) is 13.1 Å². The largest absolute Gasteiger partial charge is 0.444 e. The van der Waals surface area contributed by atoms with E-state index < -0.39 is 17.2 Å². The van der Waals surface area contributed by atoms with Crippen molar-refractivity contribution in [2.24, 2.45) is 4.99 Å². The third-order valence-electron chi connectivity index (χ3n) is 3.82. The molecule has 3 N–H and O–H groups in total. The molecule has 0 saturated carbocycles. The molecule has 0 heterocycles. The molecule has 0 atom stereocenters. The van der Waals surface area contributed by atoms with Gasteiger partial charge in [0, 0.05) is 32.2 Å². The summed E-state index contributed by atoms with van der Waals surface area (Å²) in [6.07, 6.45) is -0.466. The first-order valence-corrected chi connectivity index (χ1v) is 9.69. The lowest BCUT2D eigenvalue weighted by Gasteiger charge is -2.29. The molecule has 9 heteroatoms. The maximum atomic E-state index is 13.9. The molecule has 172 valence electrons. The normalized spacial score (nSPS) is 12.3. The number of ether oxygens (including phenoxy) is 1. The molecular formula is C21H37FIN5O2. The van der Waals surface area contributed by atoms with Crippen LogP contribution in [0.1, 0.15) is 45.7 Å².